The molecule has 1 aromatic carbocycles. The molecule has 1 aromatic rings. The molecule has 0 fully saturated rings. The van der Waals surface area contributed by atoms with Crippen molar-refractivity contribution in [3.63, 3.8) is 0 Å². The molecule has 0 saturated heterocycles. The second kappa shape index (κ2) is 8.05. The molecule has 0 aliphatic heterocycles. The summed E-state index contributed by atoms with van der Waals surface area (Å²) in [4.78, 5) is 3.44. The van der Waals surface area contributed by atoms with Crippen LogP contribution in [0.2, 0.25) is 5.02 Å². The van der Waals surface area contributed by atoms with Gasteiger partial charge in [-0.3, -0.25) is 0 Å². The summed E-state index contributed by atoms with van der Waals surface area (Å²) in [5, 5.41) is 4.24. The van der Waals surface area contributed by atoms with Gasteiger partial charge in [-0.25, -0.2) is 0 Å². The van der Waals surface area contributed by atoms with Crippen molar-refractivity contribution >= 4 is 23.4 Å². The van der Waals surface area contributed by atoms with Gasteiger partial charge in [0.15, 0.2) is 0 Å². The summed E-state index contributed by atoms with van der Waals surface area (Å²) >= 11 is 8.19. The number of hydrogen-bond acceptors (Lipinski definition) is 3. The molecule has 4 heteroatoms. The summed E-state index contributed by atoms with van der Waals surface area (Å²) in [5.74, 6) is 1.09. The predicted molar refractivity (Wildman–Crippen MR) is 82.8 cm³/mol. The van der Waals surface area contributed by atoms with Gasteiger partial charge in [0.25, 0.3) is 0 Å². The van der Waals surface area contributed by atoms with E-state index in [0.29, 0.717) is 6.04 Å². The van der Waals surface area contributed by atoms with Crippen LogP contribution in [0, 0.1) is 0 Å². The van der Waals surface area contributed by atoms with Gasteiger partial charge in [-0.2, -0.15) is 0 Å². The van der Waals surface area contributed by atoms with E-state index in [-0.39, 0.29) is 0 Å². The van der Waals surface area contributed by atoms with Gasteiger partial charge >= 0.3 is 0 Å². The van der Waals surface area contributed by atoms with Gasteiger partial charge in [-0.05, 0) is 45.3 Å². The maximum atomic E-state index is 6.34. The molecule has 0 radical (unpaired) electrons. The lowest BCUT2D eigenvalue weighted by Gasteiger charge is -2.15. The molecular formula is C14H23ClN2S. The summed E-state index contributed by atoms with van der Waals surface area (Å²) in [5.41, 5.74) is 1.18. The Bertz CT molecular complexity index is 369. The van der Waals surface area contributed by atoms with Crippen molar-refractivity contribution in [2.24, 2.45) is 0 Å². The van der Waals surface area contributed by atoms with Gasteiger partial charge in [0.05, 0.1) is 0 Å². The number of hydrogen-bond donors (Lipinski definition) is 1. The summed E-state index contributed by atoms with van der Waals surface area (Å²) in [6, 6.07) is 6.68. The van der Waals surface area contributed by atoms with Crippen molar-refractivity contribution < 1.29 is 0 Å². The Balaban J connectivity index is 2.61. The minimum atomic E-state index is 0.309. The van der Waals surface area contributed by atoms with Crippen LogP contribution in [0.25, 0.3) is 0 Å². The molecule has 1 atom stereocenters. The minimum absolute atomic E-state index is 0.309. The molecule has 0 aromatic heterocycles. The first-order valence-corrected chi connectivity index (χ1v) is 7.71. The Morgan fingerprint density at radius 2 is 2.11 bits per heavy atom. The van der Waals surface area contributed by atoms with Crippen molar-refractivity contribution in [2.75, 3.05) is 32.9 Å². The second-order valence-corrected chi connectivity index (χ2v) is 6.19. The lowest BCUT2D eigenvalue weighted by molar-refractivity contribution is 0.437. The molecule has 0 saturated carbocycles. The molecule has 102 valence electrons. The lowest BCUT2D eigenvalue weighted by atomic mass is 10.1. The molecular weight excluding hydrogens is 264 g/mol. The van der Waals surface area contributed by atoms with Crippen LogP contribution in [-0.4, -0.2) is 37.8 Å². The SMILES string of the molecule is CCNC(C)c1ccc(SCCN(C)C)cc1Cl. The maximum absolute atomic E-state index is 6.34. The summed E-state index contributed by atoms with van der Waals surface area (Å²) < 4.78 is 0. The first-order chi connectivity index (χ1) is 8.54. The monoisotopic (exact) mass is 286 g/mol. The van der Waals surface area contributed by atoms with Crippen LogP contribution in [0.3, 0.4) is 0 Å². The van der Waals surface area contributed by atoms with Gasteiger partial charge < -0.3 is 10.2 Å². The number of nitrogens with one attached hydrogen (secondary N) is 1. The fourth-order valence-electron chi connectivity index (χ4n) is 1.71. The highest BCUT2D eigenvalue weighted by Crippen LogP contribution is 2.28. The van der Waals surface area contributed by atoms with E-state index in [9.17, 15) is 0 Å². The normalized spacial score (nSPS) is 13.0. The van der Waals surface area contributed by atoms with Crippen molar-refractivity contribution in [1.82, 2.24) is 10.2 Å². The van der Waals surface area contributed by atoms with E-state index in [1.165, 1.54) is 10.5 Å². The Labute approximate surface area is 120 Å². The smallest absolute Gasteiger partial charge is 0.0464 e. The molecule has 0 amide bonds. The van der Waals surface area contributed by atoms with Crippen LogP contribution < -0.4 is 5.32 Å². The standard InChI is InChI=1S/C14H23ClN2S/c1-5-16-11(2)13-7-6-12(10-14(13)15)18-9-8-17(3)4/h6-7,10-11,16H,5,8-9H2,1-4H3. The van der Waals surface area contributed by atoms with Crippen molar-refractivity contribution in [1.29, 1.82) is 0 Å². The molecule has 18 heavy (non-hydrogen) atoms. The highest BCUT2D eigenvalue weighted by atomic mass is 35.5. The van der Waals surface area contributed by atoms with Gasteiger partial charge in [-0.1, -0.05) is 24.6 Å². The number of benzene rings is 1. The van der Waals surface area contributed by atoms with E-state index in [0.717, 1.165) is 23.9 Å². The zero-order chi connectivity index (χ0) is 13.5. The summed E-state index contributed by atoms with van der Waals surface area (Å²) in [6.07, 6.45) is 0. The first-order valence-electron chi connectivity index (χ1n) is 6.35. The van der Waals surface area contributed by atoms with Crippen LogP contribution in [0.4, 0.5) is 0 Å². The Morgan fingerprint density at radius 1 is 1.39 bits per heavy atom. The number of nitrogens with zero attached hydrogens (tertiary/aromatic N) is 1. The average molecular weight is 287 g/mol. The van der Waals surface area contributed by atoms with Crippen LogP contribution in [-0.2, 0) is 0 Å². The lowest BCUT2D eigenvalue weighted by Crippen LogP contribution is -2.18. The molecule has 2 nitrogen and oxygen atoms in total. The fraction of sp³-hybridized carbons (Fsp3) is 0.571. The average Bonchev–Trinajstić information content (AvgIpc) is 2.28. The Hall–Kier alpha value is -0.220. The second-order valence-electron chi connectivity index (χ2n) is 4.61. The molecule has 0 spiro atoms. The first kappa shape index (κ1) is 15.8. The fourth-order valence-corrected chi connectivity index (χ4v) is 3.18. The summed E-state index contributed by atoms with van der Waals surface area (Å²) in [7, 11) is 4.18. The molecule has 1 unspecified atom stereocenters. The Morgan fingerprint density at radius 3 is 2.67 bits per heavy atom. The largest absolute Gasteiger partial charge is 0.310 e. The van der Waals surface area contributed by atoms with E-state index < -0.39 is 0 Å². The quantitative estimate of drug-likeness (QED) is 0.770. The molecule has 1 N–H and O–H groups in total. The van der Waals surface area contributed by atoms with E-state index >= 15 is 0 Å². The zero-order valence-electron chi connectivity index (χ0n) is 11.7. The third-order valence-electron chi connectivity index (χ3n) is 2.76. The van der Waals surface area contributed by atoms with E-state index in [1.54, 1.807) is 0 Å². The third-order valence-corrected chi connectivity index (χ3v) is 4.06. The summed E-state index contributed by atoms with van der Waals surface area (Å²) in [6.45, 7) is 6.29. The van der Waals surface area contributed by atoms with Crippen LogP contribution in [0.5, 0.6) is 0 Å². The van der Waals surface area contributed by atoms with E-state index in [1.807, 2.05) is 11.8 Å². The number of halogens is 1. The predicted octanol–water partition coefficient (Wildman–Crippen LogP) is 3.66. The van der Waals surface area contributed by atoms with Crippen molar-refractivity contribution in [3.05, 3.63) is 28.8 Å². The van der Waals surface area contributed by atoms with Crippen LogP contribution in [0.15, 0.2) is 23.1 Å². The van der Waals surface area contributed by atoms with E-state index in [2.05, 4.69) is 56.4 Å². The highest BCUT2D eigenvalue weighted by molar-refractivity contribution is 7.99. The Kier molecular flexibility index (Phi) is 7.08. The molecule has 1 rings (SSSR count). The van der Waals surface area contributed by atoms with Gasteiger partial charge in [0, 0.05) is 28.3 Å². The van der Waals surface area contributed by atoms with Crippen LogP contribution in [0.1, 0.15) is 25.5 Å². The number of rotatable bonds is 7. The van der Waals surface area contributed by atoms with Gasteiger partial charge in [0.1, 0.15) is 0 Å². The van der Waals surface area contributed by atoms with Gasteiger partial charge in [-0.15, -0.1) is 11.8 Å². The molecule has 0 heterocycles. The topological polar surface area (TPSA) is 15.3 Å². The maximum Gasteiger partial charge on any atom is 0.0464 e. The molecule has 0 aliphatic rings. The number of thioether (sulfide) groups is 1. The van der Waals surface area contributed by atoms with Crippen LogP contribution >= 0.6 is 23.4 Å². The third kappa shape index (κ3) is 5.19. The van der Waals surface area contributed by atoms with Crippen molar-refractivity contribution in [3.8, 4) is 0 Å². The van der Waals surface area contributed by atoms with E-state index in [4.69, 9.17) is 11.6 Å². The zero-order valence-corrected chi connectivity index (χ0v) is 13.2. The minimum Gasteiger partial charge on any atom is -0.310 e. The van der Waals surface area contributed by atoms with Crippen molar-refractivity contribution in [2.45, 2.75) is 24.8 Å². The highest BCUT2D eigenvalue weighted by Gasteiger charge is 2.09. The van der Waals surface area contributed by atoms with Gasteiger partial charge in [0.2, 0.25) is 0 Å². The molecule has 0 aliphatic carbocycles. The molecule has 0 bridgehead atoms.